The van der Waals surface area contributed by atoms with Crippen molar-refractivity contribution >= 4 is 17.2 Å². The first-order valence-electron chi connectivity index (χ1n) is 9.81. The van der Waals surface area contributed by atoms with Crippen LogP contribution in [0.15, 0.2) is 35.7 Å². The van der Waals surface area contributed by atoms with Gasteiger partial charge in [0.05, 0.1) is 6.54 Å². The van der Waals surface area contributed by atoms with Crippen molar-refractivity contribution in [3.05, 3.63) is 51.7 Å². The number of carbonyl (C=O) groups is 1. The summed E-state index contributed by atoms with van der Waals surface area (Å²) in [6.45, 7) is -0.739. The Labute approximate surface area is 167 Å². The van der Waals surface area contributed by atoms with E-state index in [1.165, 1.54) is 40.3 Å². The molecular formula is C21H25F2N2O2S+. The van der Waals surface area contributed by atoms with E-state index in [9.17, 15) is 13.6 Å². The molecule has 2 heterocycles. The zero-order valence-corrected chi connectivity index (χ0v) is 16.4. The third kappa shape index (κ3) is 4.70. The SMILES string of the molecule is O=C(C[NH+]1CCc2sccc2[C@@H]1C1CC1)NCCc1ccc(OC(F)F)cc1. The summed E-state index contributed by atoms with van der Waals surface area (Å²) in [4.78, 5) is 15.4. The lowest BCUT2D eigenvalue weighted by Gasteiger charge is -2.32. The predicted octanol–water partition coefficient (Wildman–Crippen LogP) is 2.60. The quantitative estimate of drug-likeness (QED) is 0.707. The molecule has 2 N–H and O–H groups in total. The van der Waals surface area contributed by atoms with Gasteiger partial charge in [-0.15, -0.1) is 11.3 Å². The third-order valence-corrected chi connectivity index (χ3v) is 6.59. The number of hydrogen-bond donors (Lipinski definition) is 2. The van der Waals surface area contributed by atoms with Gasteiger partial charge >= 0.3 is 6.61 Å². The Hall–Kier alpha value is -1.99. The molecule has 0 spiro atoms. The topological polar surface area (TPSA) is 42.8 Å². The zero-order chi connectivity index (χ0) is 19.5. The van der Waals surface area contributed by atoms with Crippen molar-refractivity contribution in [2.24, 2.45) is 5.92 Å². The van der Waals surface area contributed by atoms with Gasteiger partial charge in [0.15, 0.2) is 6.54 Å². The minimum atomic E-state index is -2.81. The van der Waals surface area contributed by atoms with Crippen molar-refractivity contribution < 1.29 is 23.2 Å². The van der Waals surface area contributed by atoms with Crippen molar-refractivity contribution in [1.82, 2.24) is 5.32 Å². The van der Waals surface area contributed by atoms with Gasteiger partial charge in [-0.2, -0.15) is 8.78 Å². The number of hydrogen-bond acceptors (Lipinski definition) is 3. The Morgan fingerprint density at radius 3 is 2.75 bits per heavy atom. The number of alkyl halides is 2. The molecule has 0 radical (unpaired) electrons. The average Bonchev–Trinajstić information content (AvgIpc) is 3.38. The minimum absolute atomic E-state index is 0.0805. The number of thiophene rings is 1. The Morgan fingerprint density at radius 1 is 1.25 bits per heavy atom. The van der Waals surface area contributed by atoms with Crippen molar-refractivity contribution in [3.63, 3.8) is 0 Å². The van der Waals surface area contributed by atoms with Gasteiger partial charge in [-0.1, -0.05) is 12.1 Å². The molecule has 1 fully saturated rings. The number of halogens is 2. The summed E-state index contributed by atoms with van der Waals surface area (Å²) in [7, 11) is 0. The number of amides is 1. The molecule has 4 nitrogen and oxygen atoms in total. The second-order valence-corrected chi connectivity index (χ2v) is 8.57. The standard InChI is InChI=1S/C21H24F2N2O2S/c22-21(23)27-16-5-1-14(2-6-16)7-10-24-19(26)13-25-11-8-18-17(9-12-28-18)20(25)15-3-4-15/h1-2,5-6,9,12,15,20-21H,3-4,7-8,10-11,13H2,(H,24,26)/p+1/t20-/m0/s1. The molecule has 2 aliphatic rings. The monoisotopic (exact) mass is 407 g/mol. The third-order valence-electron chi connectivity index (χ3n) is 5.59. The lowest BCUT2D eigenvalue weighted by molar-refractivity contribution is -0.928. The van der Waals surface area contributed by atoms with Crippen LogP contribution in [0.5, 0.6) is 5.75 Å². The summed E-state index contributed by atoms with van der Waals surface area (Å²) in [6.07, 6.45) is 4.27. The number of benzene rings is 1. The summed E-state index contributed by atoms with van der Waals surface area (Å²) in [5, 5.41) is 5.20. The van der Waals surface area contributed by atoms with Crippen LogP contribution in [0.4, 0.5) is 8.78 Å². The predicted molar refractivity (Wildman–Crippen MR) is 104 cm³/mol. The molecule has 7 heteroatoms. The molecule has 1 aromatic carbocycles. The fraction of sp³-hybridized carbons (Fsp3) is 0.476. The molecule has 1 unspecified atom stereocenters. The number of rotatable bonds is 8. The first-order chi connectivity index (χ1) is 13.6. The lowest BCUT2D eigenvalue weighted by Crippen LogP contribution is -3.14. The van der Waals surface area contributed by atoms with E-state index in [2.05, 4.69) is 21.5 Å². The van der Waals surface area contributed by atoms with Crippen LogP contribution in [-0.2, 0) is 17.6 Å². The van der Waals surface area contributed by atoms with Gasteiger partial charge in [-0.3, -0.25) is 4.79 Å². The van der Waals surface area contributed by atoms with Gasteiger partial charge in [0.25, 0.3) is 5.91 Å². The summed E-state index contributed by atoms with van der Waals surface area (Å²) in [6, 6.07) is 9.28. The fourth-order valence-electron chi connectivity index (χ4n) is 4.15. The normalized spacial score (nSPS) is 21.4. The molecule has 4 rings (SSSR count). The molecule has 1 aliphatic heterocycles. The van der Waals surface area contributed by atoms with Crippen LogP contribution in [0, 0.1) is 5.92 Å². The van der Waals surface area contributed by atoms with Crippen molar-refractivity contribution in [2.75, 3.05) is 19.6 Å². The number of quaternary nitrogens is 1. The fourth-order valence-corrected chi connectivity index (χ4v) is 5.08. The second-order valence-electron chi connectivity index (χ2n) is 7.57. The molecule has 28 heavy (non-hydrogen) atoms. The van der Waals surface area contributed by atoms with Crippen LogP contribution in [0.1, 0.15) is 34.9 Å². The molecule has 0 saturated heterocycles. The van der Waals surface area contributed by atoms with Gasteiger partial charge in [0.2, 0.25) is 0 Å². The maximum Gasteiger partial charge on any atom is 0.387 e. The van der Waals surface area contributed by atoms with Gasteiger partial charge in [0.1, 0.15) is 11.8 Å². The molecule has 150 valence electrons. The second kappa shape index (κ2) is 8.57. The number of ether oxygens (including phenoxy) is 1. The maximum absolute atomic E-state index is 12.5. The van der Waals surface area contributed by atoms with E-state index in [1.54, 1.807) is 12.1 Å². The molecule has 2 atom stereocenters. The van der Waals surface area contributed by atoms with Crippen molar-refractivity contribution in [1.29, 1.82) is 0 Å². The molecule has 1 saturated carbocycles. The van der Waals surface area contributed by atoms with E-state index in [0.717, 1.165) is 24.4 Å². The van der Waals surface area contributed by atoms with Crippen LogP contribution in [0.3, 0.4) is 0 Å². The average molecular weight is 408 g/mol. The molecular weight excluding hydrogens is 382 g/mol. The van der Waals surface area contributed by atoms with Crippen molar-refractivity contribution in [3.8, 4) is 5.75 Å². The van der Waals surface area contributed by atoms with E-state index < -0.39 is 6.61 Å². The number of carbonyl (C=O) groups excluding carboxylic acids is 1. The highest BCUT2D eigenvalue weighted by atomic mass is 32.1. The Bertz CT molecular complexity index is 805. The van der Waals surface area contributed by atoms with Crippen LogP contribution in [0.25, 0.3) is 0 Å². The highest BCUT2D eigenvalue weighted by Gasteiger charge is 2.43. The first-order valence-corrected chi connectivity index (χ1v) is 10.7. The van der Waals surface area contributed by atoms with Gasteiger partial charge < -0.3 is 15.0 Å². The molecule has 2 aromatic rings. The van der Waals surface area contributed by atoms with Crippen LogP contribution in [0.2, 0.25) is 0 Å². The molecule has 1 aliphatic carbocycles. The summed E-state index contributed by atoms with van der Waals surface area (Å²) in [5.74, 6) is 0.956. The van der Waals surface area contributed by atoms with Crippen LogP contribution >= 0.6 is 11.3 Å². The maximum atomic E-state index is 12.5. The zero-order valence-electron chi connectivity index (χ0n) is 15.6. The summed E-state index contributed by atoms with van der Waals surface area (Å²) >= 11 is 1.85. The van der Waals surface area contributed by atoms with Gasteiger partial charge in [-0.05, 0) is 48.4 Å². The smallest absolute Gasteiger partial charge is 0.387 e. The molecule has 1 aromatic heterocycles. The highest BCUT2D eigenvalue weighted by Crippen LogP contribution is 2.42. The molecule has 0 bridgehead atoms. The van der Waals surface area contributed by atoms with Gasteiger partial charge in [-0.25, -0.2) is 0 Å². The van der Waals surface area contributed by atoms with E-state index >= 15 is 0 Å². The van der Waals surface area contributed by atoms with E-state index in [0.29, 0.717) is 25.6 Å². The van der Waals surface area contributed by atoms with E-state index in [4.69, 9.17) is 0 Å². The van der Waals surface area contributed by atoms with Gasteiger partial charge in [0, 0.05) is 29.3 Å². The largest absolute Gasteiger partial charge is 0.435 e. The Kier molecular flexibility index (Phi) is 5.92. The van der Waals surface area contributed by atoms with E-state index in [-0.39, 0.29) is 11.7 Å². The number of nitrogens with one attached hydrogen (secondary N) is 2. The highest BCUT2D eigenvalue weighted by molar-refractivity contribution is 7.10. The number of fused-ring (bicyclic) bond motifs is 1. The Balaban J connectivity index is 1.25. The minimum Gasteiger partial charge on any atom is -0.435 e. The van der Waals surface area contributed by atoms with Crippen LogP contribution < -0.4 is 15.0 Å². The van der Waals surface area contributed by atoms with Crippen LogP contribution in [-0.4, -0.2) is 32.2 Å². The first kappa shape index (κ1) is 19.3. The Morgan fingerprint density at radius 2 is 2.04 bits per heavy atom. The summed E-state index contributed by atoms with van der Waals surface area (Å²) in [5.41, 5.74) is 2.44. The van der Waals surface area contributed by atoms with Crippen molar-refractivity contribution in [2.45, 2.75) is 38.3 Å². The molecule has 1 amide bonds. The summed E-state index contributed by atoms with van der Waals surface area (Å²) < 4.78 is 28.7. The van der Waals surface area contributed by atoms with E-state index in [1.807, 2.05) is 11.3 Å². The lowest BCUT2D eigenvalue weighted by atomic mass is 9.96.